The number of anilines is 1. The Morgan fingerprint density at radius 1 is 0.744 bits per heavy atom. The number of nitrogens with zero attached hydrogens (tertiary/aromatic N) is 2. The molecule has 0 saturated carbocycles. The lowest BCUT2D eigenvalue weighted by atomic mass is 9.95. The van der Waals surface area contributed by atoms with E-state index in [1.807, 2.05) is 23.1 Å². The number of carbonyl (C=O) groups excluding carboxylic acids is 2. The summed E-state index contributed by atoms with van der Waals surface area (Å²) in [6, 6.07) is 31.4. The molecule has 0 aliphatic carbocycles. The van der Waals surface area contributed by atoms with Crippen LogP contribution in [0.25, 0.3) is 0 Å². The van der Waals surface area contributed by atoms with Crippen molar-refractivity contribution in [2.24, 2.45) is 0 Å². The second-order valence-corrected chi connectivity index (χ2v) is 10.4. The first-order valence-electron chi connectivity index (χ1n) is 14.0. The van der Waals surface area contributed by atoms with Gasteiger partial charge in [0, 0.05) is 50.4 Å². The Kier molecular flexibility index (Phi) is 9.12. The number of hydrogen-bond acceptors (Lipinski definition) is 5. The molecule has 4 aromatic carbocycles. The zero-order chi connectivity index (χ0) is 30.2. The van der Waals surface area contributed by atoms with Crippen molar-refractivity contribution in [3.63, 3.8) is 0 Å². The summed E-state index contributed by atoms with van der Waals surface area (Å²) in [5.74, 6) is -2.20. The molecule has 2 amide bonds. The van der Waals surface area contributed by atoms with E-state index in [0.717, 1.165) is 19.6 Å². The Labute approximate surface area is 249 Å². The van der Waals surface area contributed by atoms with E-state index in [1.54, 1.807) is 66.7 Å². The number of ether oxygens (including phenoxy) is 1. The van der Waals surface area contributed by atoms with Crippen LogP contribution in [0, 0.1) is 0 Å². The van der Waals surface area contributed by atoms with E-state index in [0.29, 0.717) is 35.7 Å². The largest absolute Gasteiger partial charge is 0.478 e. The Morgan fingerprint density at radius 3 is 1.84 bits per heavy atom. The minimum absolute atomic E-state index is 0.0245. The lowest BCUT2D eigenvalue weighted by molar-refractivity contribution is -0.156. The molecule has 1 aliphatic rings. The molecule has 1 aliphatic heterocycles. The molecule has 1 atom stereocenters. The molecule has 1 unspecified atom stereocenters. The number of aliphatic carboxylic acids is 1. The summed E-state index contributed by atoms with van der Waals surface area (Å²) in [5.41, 5.74) is -0.689. The van der Waals surface area contributed by atoms with Crippen molar-refractivity contribution in [2.45, 2.75) is 18.6 Å². The molecule has 43 heavy (non-hydrogen) atoms. The fourth-order valence-corrected chi connectivity index (χ4v) is 4.90. The zero-order valence-corrected chi connectivity index (χ0v) is 23.5. The number of benzene rings is 4. The van der Waals surface area contributed by atoms with E-state index < -0.39 is 24.0 Å². The quantitative estimate of drug-likeness (QED) is 0.243. The Bertz CT molecular complexity index is 1540. The average Bonchev–Trinajstić information content (AvgIpc) is 3.03. The van der Waals surface area contributed by atoms with Gasteiger partial charge in [-0.2, -0.15) is 0 Å². The van der Waals surface area contributed by atoms with Crippen LogP contribution in [0.5, 0.6) is 11.5 Å². The number of carbonyl (C=O) groups is 3. The molecule has 0 spiro atoms. The zero-order valence-electron chi connectivity index (χ0n) is 23.5. The number of hydrogen-bond donors (Lipinski definition) is 2. The molecule has 2 N–H and O–H groups in total. The molecule has 5 rings (SSSR count). The second-order valence-electron chi connectivity index (χ2n) is 10.4. The van der Waals surface area contributed by atoms with Crippen LogP contribution in [0.15, 0.2) is 109 Å². The van der Waals surface area contributed by atoms with Gasteiger partial charge in [-0.05, 0) is 59.7 Å². The molecule has 220 valence electrons. The van der Waals surface area contributed by atoms with Crippen molar-refractivity contribution in [1.82, 2.24) is 9.80 Å². The number of carboxylic acids is 1. The summed E-state index contributed by atoms with van der Waals surface area (Å²) in [6.45, 7) is 3.82. The Balaban J connectivity index is 1.13. The predicted octanol–water partition coefficient (Wildman–Crippen LogP) is 5.41. The van der Waals surface area contributed by atoms with Gasteiger partial charge in [0.05, 0.1) is 0 Å². The number of alkyl halides is 1. The minimum atomic E-state index is -3.13. The third-order valence-electron chi connectivity index (χ3n) is 7.35. The first-order chi connectivity index (χ1) is 20.8. The first kappa shape index (κ1) is 29.5. The summed E-state index contributed by atoms with van der Waals surface area (Å²) in [5, 5.41) is 11.8. The maximum atomic E-state index is 15.3. The van der Waals surface area contributed by atoms with Crippen molar-refractivity contribution in [3.8, 4) is 11.5 Å². The summed E-state index contributed by atoms with van der Waals surface area (Å²) < 4.78 is 21.1. The van der Waals surface area contributed by atoms with Crippen molar-refractivity contribution in [2.75, 3.05) is 31.5 Å². The summed E-state index contributed by atoms with van der Waals surface area (Å²) >= 11 is 0. The van der Waals surface area contributed by atoms with Gasteiger partial charge in [0.15, 0.2) is 0 Å². The third kappa shape index (κ3) is 7.44. The average molecular weight is 582 g/mol. The highest BCUT2D eigenvalue weighted by molar-refractivity contribution is 6.11. The molecule has 0 aromatic heterocycles. The van der Waals surface area contributed by atoms with Gasteiger partial charge in [-0.1, -0.05) is 60.7 Å². The van der Waals surface area contributed by atoms with Gasteiger partial charge in [0.2, 0.25) is 0 Å². The van der Waals surface area contributed by atoms with Crippen molar-refractivity contribution in [1.29, 1.82) is 0 Å². The smallest absolute Gasteiger partial charge is 0.351 e. The van der Waals surface area contributed by atoms with E-state index in [4.69, 9.17) is 4.74 Å². The van der Waals surface area contributed by atoms with E-state index in [-0.39, 0.29) is 11.6 Å². The van der Waals surface area contributed by atoms with Crippen LogP contribution >= 0.6 is 0 Å². The standard InChI is InChI=1S/C34H32FN3O5/c35-34(33(41)42,23-25-7-3-1-4-8-25)32(40)36-28-13-17-30(18-14-28)43-29-15-11-27(12-16-29)31(39)38-21-19-37(20-22-38)24-26-9-5-2-6-10-26/h1-18H,19-24H2,(H,36,40)(H,41,42). The number of piperazine rings is 1. The van der Waals surface area contributed by atoms with Crippen LogP contribution in [0.4, 0.5) is 10.1 Å². The monoisotopic (exact) mass is 581 g/mol. The maximum Gasteiger partial charge on any atom is 0.351 e. The fraction of sp³-hybridized carbons (Fsp3) is 0.206. The predicted molar refractivity (Wildman–Crippen MR) is 161 cm³/mol. The highest BCUT2D eigenvalue weighted by Gasteiger charge is 2.47. The molecule has 1 saturated heterocycles. The maximum absolute atomic E-state index is 15.3. The molecule has 1 heterocycles. The molecular weight excluding hydrogens is 549 g/mol. The van der Waals surface area contributed by atoms with E-state index >= 15 is 4.39 Å². The van der Waals surface area contributed by atoms with Gasteiger partial charge in [0.1, 0.15) is 11.5 Å². The second kappa shape index (κ2) is 13.3. The van der Waals surface area contributed by atoms with Gasteiger partial charge < -0.3 is 20.1 Å². The van der Waals surface area contributed by atoms with Gasteiger partial charge in [-0.3, -0.25) is 14.5 Å². The number of carboxylic acid groups (broad SMARTS) is 1. The lowest BCUT2D eigenvalue weighted by Gasteiger charge is -2.34. The topological polar surface area (TPSA) is 99.2 Å². The van der Waals surface area contributed by atoms with Crippen LogP contribution in [0.3, 0.4) is 0 Å². The van der Waals surface area contributed by atoms with E-state index in [9.17, 15) is 19.5 Å². The van der Waals surface area contributed by atoms with Crippen LogP contribution in [-0.2, 0) is 22.6 Å². The molecular formula is C34H32FN3O5. The lowest BCUT2D eigenvalue weighted by Crippen LogP contribution is -2.48. The van der Waals surface area contributed by atoms with Gasteiger partial charge in [-0.15, -0.1) is 0 Å². The van der Waals surface area contributed by atoms with Gasteiger partial charge in [-0.25, -0.2) is 9.18 Å². The summed E-state index contributed by atoms with van der Waals surface area (Å²) in [6.07, 6.45) is -0.598. The van der Waals surface area contributed by atoms with Crippen LogP contribution < -0.4 is 10.1 Å². The molecule has 0 radical (unpaired) electrons. The van der Waals surface area contributed by atoms with Crippen LogP contribution in [0.2, 0.25) is 0 Å². The molecule has 9 heteroatoms. The van der Waals surface area contributed by atoms with Gasteiger partial charge in [0.25, 0.3) is 17.5 Å². The summed E-state index contributed by atoms with van der Waals surface area (Å²) in [7, 11) is 0. The summed E-state index contributed by atoms with van der Waals surface area (Å²) in [4.78, 5) is 41.5. The first-order valence-corrected chi connectivity index (χ1v) is 14.0. The number of amides is 2. The van der Waals surface area contributed by atoms with Crippen molar-refractivity contribution in [3.05, 3.63) is 126 Å². The van der Waals surface area contributed by atoms with E-state index in [2.05, 4.69) is 22.3 Å². The van der Waals surface area contributed by atoms with Crippen LogP contribution in [0.1, 0.15) is 21.5 Å². The molecule has 0 bridgehead atoms. The molecule has 1 fully saturated rings. The fourth-order valence-electron chi connectivity index (χ4n) is 4.90. The van der Waals surface area contributed by atoms with Crippen molar-refractivity contribution >= 4 is 23.5 Å². The SMILES string of the molecule is O=C(c1ccc(Oc2ccc(NC(=O)C(F)(Cc3ccccc3)C(=O)O)cc2)cc1)N1CCN(Cc2ccccc2)CC1. The van der Waals surface area contributed by atoms with Crippen molar-refractivity contribution < 1.29 is 28.6 Å². The minimum Gasteiger partial charge on any atom is -0.478 e. The highest BCUT2D eigenvalue weighted by atomic mass is 19.1. The normalized spacial score (nSPS) is 14.9. The Hall–Kier alpha value is -5.02. The molecule has 8 nitrogen and oxygen atoms in total. The van der Waals surface area contributed by atoms with Gasteiger partial charge >= 0.3 is 5.97 Å². The number of rotatable bonds is 10. The Morgan fingerprint density at radius 2 is 1.28 bits per heavy atom. The van der Waals surface area contributed by atoms with Crippen LogP contribution in [-0.4, -0.2) is 64.5 Å². The molecule has 4 aromatic rings. The third-order valence-corrected chi connectivity index (χ3v) is 7.35. The number of nitrogens with one attached hydrogen (secondary N) is 1. The van der Waals surface area contributed by atoms with E-state index in [1.165, 1.54) is 17.7 Å². The number of halogens is 1. The highest BCUT2D eigenvalue weighted by Crippen LogP contribution is 2.26.